The fourth-order valence-corrected chi connectivity index (χ4v) is 1.69. The number of halogens is 3. The average molecular weight is 280 g/mol. The number of hydrogen-bond acceptors (Lipinski definition) is 5. The van der Waals surface area contributed by atoms with Gasteiger partial charge in [-0.05, 0) is 0 Å². The molecular formula is C11H7F3N6. The second-order valence-electron chi connectivity index (χ2n) is 3.90. The maximum absolute atomic E-state index is 13.6. The number of imidazole rings is 1. The van der Waals surface area contributed by atoms with Gasteiger partial charge in [0.15, 0.2) is 23.1 Å². The predicted molar refractivity (Wildman–Crippen MR) is 65.7 cm³/mol. The van der Waals surface area contributed by atoms with E-state index in [1.165, 1.54) is 6.33 Å². The topological polar surface area (TPSA) is 92.5 Å². The van der Waals surface area contributed by atoms with E-state index >= 15 is 0 Å². The summed E-state index contributed by atoms with van der Waals surface area (Å²) >= 11 is 0. The van der Waals surface area contributed by atoms with Crippen molar-refractivity contribution in [1.82, 2.24) is 19.9 Å². The first-order valence-corrected chi connectivity index (χ1v) is 5.43. The first kappa shape index (κ1) is 12.2. The van der Waals surface area contributed by atoms with Crippen LogP contribution in [0.4, 0.5) is 30.6 Å². The number of nitrogens with two attached hydrogens (primary N) is 1. The molecule has 2 heterocycles. The SMILES string of the molecule is Nc1nc(Nc2cc(F)c(F)cc2F)c2[nH]cnc2n1. The van der Waals surface area contributed by atoms with Crippen molar-refractivity contribution in [3.63, 3.8) is 0 Å². The normalized spacial score (nSPS) is 10.9. The van der Waals surface area contributed by atoms with Gasteiger partial charge in [-0.15, -0.1) is 0 Å². The number of nitrogen functional groups attached to an aromatic ring is 1. The summed E-state index contributed by atoms with van der Waals surface area (Å²) in [5.41, 5.74) is 5.84. The number of nitrogens with one attached hydrogen (secondary N) is 2. The van der Waals surface area contributed by atoms with Crippen LogP contribution in [-0.2, 0) is 0 Å². The number of benzene rings is 1. The van der Waals surface area contributed by atoms with E-state index in [-0.39, 0.29) is 23.1 Å². The first-order valence-electron chi connectivity index (χ1n) is 5.43. The molecule has 4 N–H and O–H groups in total. The molecule has 0 spiro atoms. The number of hydrogen-bond donors (Lipinski definition) is 3. The predicted octanol–water partition coefficient (Wildman–Crippen LogP) is 2.10. The van der Waals surface area contributed by atoms with Gasteiger partial charge >= 0.3 is 0 Å². The smallest absolute Gasteiger partial charge is 0.224 e. The van der Waals surface area contributed by atoms with Gasteiger partial charge in [-0.2, -0.15) is 9.97 Å². The van der Waals surface area contributed by atoms with Gasteiger partial charge in [0, 0.05) is 12.1 Å². The summed E-state index contributed by atoms with van der Waals surface area (Å²) in [4.78, 5) is 14.3. The summed E-state index contributed by atoms with van der Waals surface area (Å²) in [5, 5.41) is 2.53. The summed E-state index contributed by atoms with van der Waals surface area (Å²) < 4.78 is 39.6. The fraction of sp³-hybridized carbons (Fsp3) is 0. The Balaban J connectivity index is 2.09. The molecule has 0 saturated heterocycles. The second-order valence-corrected chi connectivity index (χ2v) is 3.90. The minimum Gasteiger partial charge on any atom is -0.368 e. The molecule has 0 bridgehead atoms. The summed E-state index contributed by atoms with van der Waals surface area (Å²) in [7, 11) is 0. The number of anilines is 3. The Kier molecular flexibility index (Phi) is 2.67. The van der Waals surface area contributed by atoms with Crippen molar-refractivity contribution in [3.05, 3.63) is 35.9 Å². The van der Waals surface area contributed by atoms with Crippen LogP contribution in [0.2, 0.25) is 0 Å². The molecule has 0 aliphatic heterocycles. The number of H-pyrrole nitrogens is 1. The first-order chi connectivity index (χ1) is 9.54. The van der Waals surface area contributed by atoms with Crippen molar-refractivity contribution >= 4 is 28.6 Å². The molecule has 0 radical (unpaired) electrons. The molecule has 0 amide bonds. The largest absolute Gasteiger partial charge is 0.368 e. The van der Waals surface area contributed by atoms with E-state index in [1.54, 1.807) is 0 Å². The third kappa shape index (κ3) is 1.98. The zero-order chi connectivity index (χ0) is 14.3. The van der Waals surface area contributed by atoms with E-state index in [1.807, 2.05) is 0 Å². The van der Waals surface area contributed by atoms with Crippen molar-refractivity contribution in [2.45, 2.75) is 0 Å². The number of aromatic nitrogens is 4. The molecule has 1 aromatic carbocycles. The van der Waals surface area contributed by atoms with Gasteiger partial charge in [0.05, 0.1) is 12.0 Å². The summed E-state index contributed by atoms with van der Waals surface area (Å²) in [6.07, 6.45) is 1.35. The average Bonchev–Trinajstić information content (AvgIpc) is 2.84. The third-order valence-electron chi connectivity index (χ3n) is 2.57. The van der Waals surface area contributed by atoms with Crippen molar-refractivity contribution < 1.29 is 13.2 Å². The molecule has 2 aromatic heterocycles. The molecule has 102 valence electrons. The van der Waals surface area contributed by atoms with Gasteiger partial charge < -0.3 is 16.0 Å². The maximum Gasteiger partial charge on any atom is 0.224 e. The highest BCUT2D eigenvalue weighted by Gasteiger charge is 2.13. The third-order valence-corrected chi connectivity index (χ3v) is 2.57. The van der Waals surface area contributed by atoms with Gasteiger partial charge in [0.2, 0.25) is 5.95 Å². The van der Waals surface area contributed by atoms with Crippen molar-refractivity contribution in [2.75, 3.05) is 11.1 Å². The molecule has 0 saturated carbocycles. The van der Waals surface area contributed by atoms with Crippen LogP contribution in [0.15, 0.2) is 18.5 Å². The number of fused-ring (bicyclic) bond motifs is 1. The fourth-order valence-electron chi connectivity index (χ4n) is 1.69. The van der Waals surface area contributed by atoms with Crippen LogP contribution in [0.3, 0.4) is 0 Å². The summed E-state index contributed by atoms with van der Waals surface area (Å²) in [5.74, 6) is -3.41. The Morgan fingerprint density at radius 1 is 1.05 bits per heavy atom. The van der Waals surface area contributed by atoms with Gasteiger partial charge in [-0.1, -0.05) is 0 Å². The quantitative estimate of drug-likeness (QED) is 0.625. The van der Waals surface area contributed by atoms with Crippen LogP contribution in [0.5, 0.6) is 0 Å². The Labute approximate surface area is 109 Å². The lowest BCUT2D eigenvalue weighted by Gasteiger charge is -2.08. The van der Waals surface area contributed by atoms with E-state index in [4.69, 9.17) is 5.73 Å². The van der Waals surface area contributed by atoms with E-state index in [2.05, 4.69) is 25.3 Å². The second kappa shape index (κ2) is 4.37. The molecule has 9 heteroatoms. The van der Waals surface area contributed by atoms with Crippen LogP contribution in [-0.4, -0.2) is 19.9 Å². The highest BCUT2D eigenvalue weighted by atomic mass is 19.2. The number of nitrogens with zero attached hydrogens (tertiary/aromatic N) is 3. The molecule has 3 rings (SSSR count). The monoisotopic (exact) mass is 280 g/mol. The van der Waals surface area contributed by atoms with E-state index in [0.717, 1.165) is 0 Å². The lowest BCUT2D eigenvalue weighted by atomic mass is 10.2. The van der Waals surface area contributed by atoms with Crippen LogP contribution in [0.25, 0.3) is 11.2 Å². The molecule has 0 atom stereocenters. The van der Waals surface area contributed by atoms with Crippen LogP contribution in [0, 0.1) is 17.5 Å². The standard InChI is InChI=1S/C11H7F3N6/c12-4-1-6(14)7(2-5(4)13)18-10-8-9(17-3-16-8)19-11(15)20-10/h1-3H,(H4,15,16,17,18,19,20). The molecule has 0 aliphatic carbocycles. The highest BCUT2D eigenvalue weighted by molar-refractivity contribution is 5.85. The molecule has 0 unspecified atom stereocenters. The van der Waals surface area contributed by atoms with Crippen LogP contribution >= 0.6 is 0 Å². The van der Waals surface area contributed by atoms with Crippen molar-refractivity contribution in [2.24, 2.45) is 0 Å². The summed E-state index contributed by atoms with van der Waals surface area (Å²) in [6, 6.07) is 1.12. The number of aromatic amines is 1. The maximum atomic E-state index is 13.6. The zero-order valence-electron chi connectivity index (χ0n) is 9.78. The Morgan fingerprint density at radius 2 is 1.80 bits per heavy atom. The minimum atomic E-state index is -1.28. The van der Waals surface area contributed by atoms with Crippen molar-refractivity contribution in [1.29, 1.82) is 0 Å². The lowest BCUT2D eigenvalue weighted by Crippen LogP contribution is -2.03. The highest BCUT2D eigenvalue weighted by Crippen LogP contribution is 2.25. The molecule has 6 nitrogen and oxygen atoms in total. The number of rotatable bonds is 2. The molecule has 0 aliphatic rings. The Bertz CT molecular complexity index is 800. The molecule has 0 fully saturated rings. The van der Waals surface area contributed by atoms with Crippen molar-refractivity contribution in [3.8, 4) is 0 Å². The Morgan fingerprint density at radius 3 is 2.60 bits per heavy atom. The van der Waals surface area contributed by atoms with E-state index in [0.29, 0.717) is 17.6 Å². The summed E-state index contributed by atoms with van der Waals surface area (Å²) in [6.45, 7) is 0. The van der Waals surface area contributed by atoms with E-state index < -0.39 is 17.5 Å². The molecule has 3 aromatic rings. The van der Waals surface area contributed by atoms with E-state index in [9.17, 15) is 13.2 Å². The van der Waals surface area contributed by atoms with Crippen LogP contribution in [0.1, 0.15) is 0 Å². The van der Waals surface area contributed by atoms with Gasteiger partial charge in [-0.3, -0.25) is 0 Å². The minimum absolute atomic E-state index is 0.0879. The van der Waals surface area contributed by atoms with Gasteiger partial charge in [0.1, 0.15) is 11.3 Å². The Hall–Kier alpha value is -2.84. The zero-order valence-corrected chi connectivity index (χ0v) is 9.78. The lowest BCUT2D eigenvalue weighted by molar-refractivity contribution is 0.496. The van der Waals surface area contributed by atoms with Gasteiger partial charge in [0.25, 0.3) is 0 Å². The molecule has 20 heavy (non-hydrogen) atoms. The molecular weight excluding hydrogens is 273 g/mol. The van der Waals surface area contributed by atoms with Crippen LogP contribution < -0.4 is 11.1 Å². The van der Waals surface area contributed by atoms with Gasteiger partial charge in [-0.25, -0.2) is 18.2 Å².